The van der Waals surface area contributed by atoms with Crippen molar-refractivity contribution in [2.24, 2.45) is 0 Å². The number of anilines is 1. The molecule has 10 heteroatoms. The molecule has 7 nitrogen and oxygen atoms in total. The molecule has 2 rings (SSSR count). The number of hydrogen-bond acceptors (Lipinski definition) is 6. The summed E-state index contributed by atoms with van der Waals surface area (Å²) in [5.41, 5.74) is 0. The summed E-state index contributed by atoms with van der Waals surface area (Å²) in [6.07, 6.45) is 5.04. The lowest BCUT2D eigenvalue weighted by Crippen LogP contribution is -2.49. The van der Waals surface area contributed by atoms with E-state index in [9.17, 15) is 4.79 Å². The fourth-order valence-electron chi connectivity index (χ4n) is 2.49. The molecule has 25 heavy (non-hydrogen) atoms. The van der Waals surface area contributed by atoms with Crippen LogP contribution in [-0.2, 0) is 4.79 Å². The minimum Gasteiger partial charge on any atom is -0.355 e. The van der Waals surface area contributed by atoms with Crippen molar-refractivity contribution in [2.45, 2.75) is 12.8 Å². The molecule has 0 unspecified atom stereocenters. The fourth-order valence-corrected chi connectivity index (χ4v) is 2.49. The van der Waals surface area contributed by atoms with Crippen molar-refractivity contribution >= 4 is 49.1 Å². The van der Waals surface area contributed by atoms with Crippen molar-refractivity contribution < 1.29 is 4.79 Å². The molecular formula is C15H29Cl3N6O. The summed E-state index contributed by atoms with van der Waals surface area (Å²) < 4.78 is 0. The number of nitrogens with zero attached hydrogens (tertiary/aromatic N) is 4. The van der Waals surface area contributed by atoms with Gasteiger partial charge in [0, 0.05) is 58.1 Å². The predicted octanol–water partition coefficient (Wildman–Crippen LogP) is 0.980. The van der Waals surface area contributed by atoms with Gasteiger partial charge in [-0.25, -0.2) is 9.97 Å². The Morgan fingerprint density at radius 1 is 1.08 bits per heavy atom. The number of carbonyl (C=O) groups is 1. The van der Waals surface area contributed by atoms with Gasteiger partial charge in [0.2, 0.25) is 11.9 Å². The fraction of sp³-hybridized carbons (Fsp3) is 0.667. The lowest BCUT2D eigenvalue weighted by atomic mass is 10.3. The van der Waals surface area contributed by atoms with Crippen LogP contribution in [0.25, 0.3) is 0 Å². The highest BCUT2D eigenvalue weighted by atomic mass is 35.5. The monoisotopic (exact) mass is 414 g/mol. The number of halogens is 3. The van der Waals surface area contributed by atoms with E-state index in [1.165, 1.54) is 0 Å². The SMILES string of the molecule is CNCCCC(=O)NCCN1CCN(c2ncccn2)CC1.Cl.Cl.Cl. The topological polar surface area (TPSA) is 73.4 Å². The largest absolute Gasteiger partial charge is 0.355 e. The molecule has 1 fully saturated rings. The molecule has 1 aromatic heterocycles. The van der Waals surface area contributed by atoms with Gasteiger partial charge >= 0.3 is 0 Å². The molecule has 1 saturated heterocycles. The van der Waals surface area contributed by atoms with Crippen LogP contribution in [0.15, 0.2) is 18.5 Å². The predicted molar refractivity (Wildman–Crippen MR) is 109 cm³/mol. The molecular weight excluding hydrogens is 387 g/mol. The summed E-state index contributed by atoms with van der Waals surface area (Å²) in [7, 11) is 1.90. The third-order valence-corrected chi connectivity index (χ3v) is 3.79. The molecule has 1 aliphatic heterocycles. The van der Waals surface area contributed by atoms with Gasteiger partial charge in [-0.3, -0.25) is 9.69 Å². The van der Waals surface area contributed by atoms with Crippen LogP contribution in [0.4, 0.5) is 5.95 Å². The quantitative estimate of drug-likeness (QED) is 0.617. The number of rotatable bonds is 8. The molecule has 146 valence electrons. The Bertz CT molecular complexity index is 446. The highest BCUT2D eigenvalue weighted by Crippen LogP contribution is 2.08. The summed E-state index contributed by atoms with van der Waals surface area (Å²) >= 11 is 0. The van der Waals surface area contributed by atoms with E-state index in [0.717, 1.165) is 58.2 Å². The van der Waals surface area contributed by atoms with Crippen LogP contribution in [0.2, 0.25) is 0 Å². The van der Waals surface area contributed by atoms with E-state index >= 15 is 0 Å². The standard InChI is InChI=1S/C15H26N6O.3ClH/c1-16-5-2-4-14(22)17-8-9-20-10-12-21(13-11-20)15-18-6-3-7-19-15;;;/h3,6-7,16H,2,4-5,8-13H2,1H3,(H,17,22);3*1H. The Balaban J connectivity index is 0. The average Bonchev–Trinajstić information content (AvgIpc) is 2.57. The van der Waals surface area contributed by atoms with Crippen molar-refractivity contribution in [2.75, 3.05) is 57.8 Å². The van der Waals surface area contributed by atoms with E-state index in [2.05, 4.69) is 30.4 Å². The summed E-state index contributed by atoms with van der Waals surface area (Å²) in [4.78, 5) is 24.7. The molecule has 0 saturated carbocycles. The molecule has 0 radical (unpaired) electrons. The van der Waals surface area contributed by atoms with E-state index in [1.54, 1.807) is 12.4 Å². The maximum absolute atomic E-state index is 11.6. The minimum absolute atomic E-state index is 0. The Morgan fingerprint density at radius 3 is 2.32 bits per heavy atom. The zero-order valence-corrected chi connectivity index (χ0v) is 17.0. The number of piperazine rings is 1. The first kappa shape index (κ1) is 26.4. The molecule has 0 atom stereocenters. The molecule has 1 aliphatic rings. The summed E-state index contributed by atoms with van der Waals surface area (Å²) in [6, 6.07) is 1.83. The Morgan fingerprint density at radius 2 is 1.72 bits per heavy atom. The molecule has 1 aromatic rings. The first-order chi connectivity index (χ1) is 10.8. The summed E-state index contributed by atoms with van der Waals surface area (Å²) in [5.74, 6) is 0.951. The first-order valence-corrected chi connectivity index (χ1v) is 7.95. The van der Waals surface area contributed by atoms with E-state index in [1.807, 2.05) is 13.1 Å². The van der Waals surface area contributed by atoms with Gasteiger partial charge in [0.15, 0.2) is 0 Å². The molecule has 0 spiro atoms. The lowest BCUT2D eigenvalue weighted by Gasteiger charge is -2.34. The number of nitrogens with one attached hydrogen (secondary N) is 2. The second-order valence-corrected chi connectivity index (χ2v) is 5.43. The average molecular weight is 416 g/mol. The number of amides is 1. The van der Waals surface area contributed by atoms with Gasteiger partial charge in [0.05, 0.1) is 0 Å². The number of carbonyl (C=O) groups excluding carboxylic acids is 1. The maximum atomic E-state index is 11.6. The minimum atomic E-state index is 0. The zero-order valence-electron chi connectivity index (χ0n) is 14.5. The van der Waals surface area contributed by atoms with Gasteiger partial charge in [-0.05, 0) is 26.1 Å². The number of hydrogen-bond donors (Lipinski definition) is 2. The lowest BCUT2D eigenvalue weighted by molar-refractivity contribution is -0.121. The van der Waals surface area contributed by atoms with Crippen LogP contribution in [0, 0.1) is 0 Å². The van der Waals surface area contributed by atoms with E-state index in [0.29, 0.717) is 6.42 Å². The highest BCUT2D eigenvalue weighted by Gasteiger charge is 2.18. The van der Waals surface area contributed by atoms with E-state index < -0.39 is 0 Å². The van der Waals surface area contributed by atoms with E-state index in [-0.39, 0.29) is 43.1 Å². The third-order valence-electron chi connectivity index (χ3n) is 3.79. The van der Waals surface area contributed by atoms with Crippen molar-refractivity contribution in [3.8, 4) is 0 Å². The van der Waals surface area contributed by atoms with Gasteiger partial charge in [-0.15, -0.1) is 37.2 Å². The van der Waals surface area contributed by atoms with E-state index in [4.69, 9.17) is 0 Å². The van der Waals surface area contributed by atoms with Crippen LogP contribution >= 0.6 is 37.2 Å². The summed E-state index contributed by atoms with van der Waals surface area (Å²) in [5, 5.41) is 6.03. The normalized spacial score (nSPS) is 13.9. The maximum Gasteiger partial charge on any atom is 0.225 e. The van der Waals surface area contributed by atoms with Crippen LogP contribution in [0.1, 0.15) is 12.8 Å². The van der Waals surface area contributed by atoms with Crippen molar-refractivity contribution in [3.05, 3.63) is 18.5 Å². The van der Waals surface area contributed by atoms with Crippen molar-refractivity contribution in [3.63, 3.8) is 0 Å². The van der Waals surface area contributed by atoms with Gasteiger partial charge in [-0.1, -0.05) is 0 Å². The van der Waals surface area contributed by atoms with Gasteiger partial charge in [0.1, 0.15) is 0 Å². The Hall–Kier alpha value is -0.860. The molecule has 0 aromatic carbocycles. The second kappa shape index (κ2) is 15.4. The van der Waals surface area contributed by atoms with Gasteiger partial charge in [-0.2, -0.15) is 0 Å². The Labute approximate surface area is 168 Å². The van der Waals surface area contributed by atoms with Crippen LogP contribution in [-0.4, -0.2) is 73.6 Å². The molecule has 1 amide bonds. The van der Waals surface area contributed by atoms with Crippen LogP contribution in [0.3, 0.4) is 0 Å². The molecule has 0 bridgehead atoms. The third kappa shape index (κ3) is 10.0. The molecule has 2 heterocycles. The molecule has 2 N–H and O–H groups in total. The summed E-state index contributed by atoms with van der Waals surface area (Å²) in [6.45, 7) is 6.33. The smallest absolute Gasteiger partial charge is 0.225 e. The van der Waals surface area contributed by atoms with Crippen LogP contribution < -0.4 is 15.5 Å². The first-order valence-electron chi connectivity index (χ1n) is 7.95. The number of aromatic nitrogens is 2. The highest BCUT2D eigenvalue weighted by molar-refractivity contribution is 5.86. The Kier molecular flexibility index (Phi) is 16.2. The second-order valence-electron chi connectivity index (χ2n) is 5.43. The van der Waals surface area contributed by atoms with Crippen molar-refractivity contribution in [1.82, 2.24) is 25.5 Å². The van der Waals surface area contributed by atoms with Gasteiger partial charge < -0.3 is 15.5 Å². The van der Waals surface area contributed by atoms with Crippen molar-refractivity contribution in [1.29, 1.82) is 0 Å². The van der Waals surface area contributed by atoms with Crippen LogP contribution in [0.5, 0.6) is 0 Å². The zero-order chi connectivity index (χ0) is 15.6. The molecule has 0 aliphatic carbocycles. The van der Waals surface area contributed by atoms with Gasteiger partial charge in [0.25, 0.3) is 0 Å².